The maximum Gasteiger partial charge on any atom is 0.344 e. The van der Waals surface area contributed by atoms with E-state index in [1.54, 1.807) is 36.4 Å². The number of carbonyl (C=O) groups excluding carboxylic acids is 1. The highest BCUT2D eigenvalue weighted by molar-refractivity contribution is 14.1. The molecular formula is C16H11ClINO3. The van der Waals surface area contributed by atoms with Crippen molar-refractivity contribution in [1.29, 1.82) is 5.26 Å². The molecule has 0 saturated carbocycles. The molecule has 0 radical (unpaired) electrons. The highest BCUT2D eigenvalue weighted by atomic mass is 127. The fourth-order valence-electron chi connectivity index (χ4n) is 1.74. The van der Waals surface area contributed by atoms with E-state index in [2.05, 4.69) is 0 Å². The zero-order valence-electron chi connectivity index (χ0n) is 11.6. The second-order valence-corrected chi connectivity index (χ2v) is 5.82. The number of halogens is 2. The van der Waals surface area contributed by atoms with Crippen molar-refractivity contribution in [2.45, 2.75) is 6.92 Å². The number of ether oxygens (including phenoxy) is 2. The van der Waals surface area contributed by atoms with Crippen molar-refractivity contribution in [2.75, 3.05) is 6.61 Å². The van der Waals surface area contributed by atoms with E-state index in [9.17, 15) is 4.79 Å². The number of hydrogen-bond donors (Lipinski definition) is 0. The quantitative estimate of drug-likeness (QED) is 0.411. The van der Waals surface area contributed by atoms with Crippen LogP contribution in [0.4, 0.5) is 0 Å². The molecule has 0 aliphatic rings. The molecule has 0 saturated heterocycles. The van der Waals surface area contributed by atoms with Gasteiger partial charge in [-0.2, -0.15) is 5.26 Å². The minimum atomic E-state index is -0.508. The Hall–Kier alpha value is -1.78. The Bertz CT molecular complexity index is 756. The second kappa shape index (κ2) is 7.47. The van der Waals surface area contributed by atoms with Crippen LogP contribution in [0.15, 0.2) is 36.4 Å². The van der Waals surface area contributed by atoms with E-state index in [1.165, 1.54) is 0 Å². The Kier molecular flexibility index (Phi) is 5.63. The van der Waals surface area contributed by atoms with Crippen LogP contribution in [0.5, 0.6) is 11.5 Å². The molecule has 0 aromatic heterocycles. The number of carbonyl (C=O) groups is 1. The van der Waals surface area contributed by atoms with E-state index in [4.69, 9.17) is 26.3 Å². The van der Waals surface area contributed by atoms with Crippen molar-refractivity contribution in [2.24, 2.45) is 0 Å². The van der Waals surface area contributed by atoms with Crippen molar-refractivity contribution in [1.82, 2.24) is 0 Å². The number of nitrogens with zero attached hydrogens (tertiary/aromatic N) is 1. The standard InChI is InChI=1S/C16H11ClINO3/c1-2-21-15-7-10(9-19)3-6-14(15)22-16(20)12-5-4-11(17)8-13(12)18/h3-8H,2H2,1H3. The molecule has 0 heterocycles. The Morgan fingerprint density at radius 3 is 2.68 bits per heavy atom. The zero-order valence-corrected chi connectivity index (χ0v) is 14.5. The van der Waals surface area contributed by atoms with Gasteiger partial charge in [0.15, 0.2) is 11.5 Å². The lowest BCUT2D eigenvalue weighted by molar-refractivity contribution is 0.0727. The summed E-state index contributed by atoms with van der Waals surface area (Å²) in [7, 11) is 0. The van der Waals surface area contributed by atoms with Gasteiger partial charge in [-0.1, -0.05) is 11.6 Å². The van der Waals surface area contributed by atoms with Crippen LogP contribution < -0.4 is 9.47 Å². The van der Waals surface area contributed by atoms with Crippen LogP contribution in [-0.2, 0) is 0 Å². The SMILES string of the molecule is CCOc1cc(C#N)ccc1OC(=O)c1ccc(Cl)cc1I. The average Bonchev–Trinajstić information content (AvgIpc) is 2.49. The van der Waals surface area contributed by atoms with Crippen molar-refractivity contribution in [3.05, 3.63) is 56.1 Å². The normalized spacial score (nSPS) is 9.91. The molecule has 6 heteroatoms. The summed E-state index contributed by atoms with van der Waals surface area (Å²) >= 11 is 7.90. The Balaban J connectivity index is 2.30. The van der Waals surface area contributed by atoms with Crippen LogP contribution in [0.25, 0.3) is 0 Å². The molecule has 0 amide bonds. The molecule has 0 aliphatic heterocycles. The van der Waals surface area contributed by atoms with Crippen LogP contribution in [0.2, 0.25) is 5.02 Å². The summed E-state index contributed by atoms with van der Waals surface area (Å²) in [6.45, 7) is 2.21. The molecule has 0 spiro atoms. The van der Waals surface area contributed by atoms with E-state index in [1.807, 2.05) is 35.6 Å². The van der Waals surface area contributed by atoms with Crippen molar-refractivity contribution < 1.29 is 14.3 Å². The molecule has 2 rings (SSSR count). The summed E-state index contributed by atoms with van der Waals surface area (Å²) in [6.07, 6.45) is 0. The van der Waals surface area contributed by atoms with Gasteiger partial charge in [0.25, 0.3) is 0 Å². The lowest BCUT2D eigenvalue weighted by atomic mass is 10.2. The monoisotopic (exact) mass is 427 g/mol. The predicted molar refractivity (Wildman–Crippen MR) is 91.5 cm³/mol. The molecular weight excluding hydrogens is 417 g/mol. The van der Waals surface area contributed by atoms with Gasteiger partial charge >= 0.3 is 5.97 Å². The molecule has 0 fully saturated rings. The summed E-state index contributed by atoms with van der Waals surface area (Å²) in [5, 5.41) is 9.47. The summed E-state index contributed by atoms with van der Waals surface area (Å²) in [6, 6.07) is 11.6. The third-order valence-electron chi connectivity index (χ3n) is 2.73. The van der Waals surface area contributed by atoms with Gasteiger partial charge in [0, 0.05) is 14.7 Å². The van der Waals surface area contributed by atoms with Gasteiger partial charge in [0.05, 0.1) is 23.8 Å². The minimum Gasteiger partial charge on any atom is -0.490 e. The Morgan fingerprint density at radius 2 is 2.05 bits per heavy atom. The number of hydrogen-bond acceptors (Lipinski definition) is 4. The summed E-state index contributed by atoms with van der Waals surface area (Å²) < 4.78 is 11.5. The molecule has 0 aliphatic carbocycles. The van der Waals surface area contributed by atoms with E-state index in [-0.39, 0.29) is 5.75 Å². The molecule has 2 aromatic rings. The molecule has 112 valence electrons. The van der Waals surface area contributed by atoms with E-state index >= 15 is 0 Å². The predicted octanol–water partition coefficient (Wildman–Crippen LogP) is 4.43. The van der Waals surface area contributed by atoms with Crippen molar-refractivity contribution in [3.63, 3.8) is 0 Å². The van der Waals surface area contributed by atoms with Crippen molar-refractivity contribution in [3.8, 4) is 17.6 Å². The molecule has 0 bridgehead atoms. The first-order valence-electron chi connectivity index (χ1n) is 6.39. The zero-order chi connectivity index (χ0) is 16.1. The molecule has 0 N–H and O–H groups in total. The number of rotatable bonds is 4. The van der Waals surface area contributed by atoms with E-state index in [0.29, 0.717) is 32.1 Å². The van der Waals surface area contributed by atoms with Gasteiger partial charge in [0.2, 0.25) is 0 Å². The summed E-state index contributed by atoms with van der Waals surface area (Å²) in [5.74, 6) is 0.127. The van der Waals surface area contributed by atoms with Gasteiger partial charge in [-0.05, 0) is 59.8 Å². The van der Waals surface area contributed by atoms with E-state index < -0.39 is 5.97 Å². The van der Waals surface area contributed by atoms with Crippen LogP contribution in [0.3, 0.4) is 0 Å². The van der Waals surface area contributed by atoms with Gasteiger partial charge < -0.3 is 9.47 Å². The van der Waals surface area contributed by atoms with Crippen LogP contribution in [0.1, 0.15) is 22.8 Å². The molecule has 22 heavy (non-hydrogen) atoms. The summed E-state index contributed by atoms with van der Waals surface area (Å²) in [4.78, 5) is 12.3. The van der Waals surface area contributed by atoms with Crippen LogP contribution in [-0.4, -0.2) is 12.6 Å². The largest absolute Gasteiger partial charge is 0.490 e. The maximum atomic E-state index is 12.3. The second-order valence-electron chi connectivity index (χ2n) is 4.22. The van der Waals surface area contributed by atoms with Gasteiger partial charge in [-0.15, -0.1) is 0 Å². The average molecular weight is 428 g/mol. The first-order chi connectivity index (χ1) is 10.5. The summed E-state index contributed by atoms with van der Waals surface area (Å²) in [5.41, 5.74) is 0.848. The minimum absolute atomic E-state index is 0.275. The molecule has 0 atom stereocenters. The number of benzene rings is 2. The van der Waals surface area contributed by atoms with Crippen LogP contribution in [0, 0.1) is 14.9 Å². The molecule has 4 nitrogen and oxygen atoms in total. The fourth-order valence-corrected chi connectivity index (χ4v) is 2.83. The lowest BCUT2D eigenvalue weighted by Crippen LogP contribution is -2.11. The van der Waals surface area contributed by atoms with Gasteiger partial charge in [-0.25, -0.2) is 4.79 Å². The van der Waals surface area contributed by atoms with E-state index in [0.717, 1.165) is 0 Å². The third kappa shape index (κ3) is 3.90. The topological polar surface area (TPSA) is 59.3 Å². The third-order valence-corrected chi connectivity index (χ3v) is 3.85. The highest BCUT2D eigenvalue weighted by Gasteiger charge is 2.16. The number of esters is 1. The maximum absolute atomic E-state index is 12.3. The first-order valence-corrected chi connectivity index (χ1v) is 7.85. The Labute approximate surface area is 146 Å². The lowest BCUT2D eigenvalue weighted by Gasteiger charge is -2.11. The molecule has 0 unspecified atom stereocenters. The van der Waals surface area contributed by atoms with Gasteiger partial charge in [-0.3, -0.25) is 0 Å². The number of nitriles is 1. The smallest absolute Gasteiger partial charge is 0.344 e. The van der Waals surface area contributed by atoms with Crippen LogP contribution >= 0.6 is 34.2 Å². The van der Waals surface area contributed by atoms with Crippen molar-refractivity contribution >= 4 is 40.2 Å². The highest BCUT2D eigenvalue weighted by Crippen LogP contribution is 2.29. The Morgan fingerprint density at radius 1 is 1.27 bits per heavy atom. The first kappa shape index (κ1) is 16.6. The fraction of sp³-hybridized carbons (Fsp3) is 0.125. The van der Waals surface area contributed by atoms with Gasteiger partial charge in [0.1, 0.15) is 0 Å². The molecule has 2 aromatic carbocycles.